The molecule has 0 unspecified atom stereocenters. The van der Waals surface area contributed by atoms with Gasteiger partial charge in [-0.1, -0.05) is 6.07 Å². The smallest absolute Gasteiger partial charge is 0.151 e. The van der Waals surface area contributed by atoms with Gasteiger partial charge in [-0.3, -0.25) is 4.90 Å². The van der Waals surface area contributed by atoms with Crippen molar-refractivity contribution in [3.05, 3.63) is 60.9 Å². The zero-order valence-electron chi connectivity index (χ0n) is 17.5. The fourth-order valence-electron chi connectivity index (χ4n) is 3.64. The van der Waals surface area contributed by atoms with E-state index >= 15 is 0 Å². The quantitative estimate of drug-likeness (QED) is 0.430. The first-order valence-electron chi connectivity index (χ1n) is 10.6. The number of hydrogen-bond acceptors (Lipinski definition) is 8. The number of anilines is 2. The number of nitrogens with zero attached hydrogens (tertiary/aromatic N) is 3. The minimum Gasteiger partial charge on any atom is -0.508 e. The summed E-state index contributed by atoms with van der Waals surface area (Å²) in [4.78, 5) is 12.3. The lowest BCUT2D eigenvalue weighted by atomic mass is 10.2. The largest absolute Gasteiger partial charge is 0.508 e. The number of benzene rings is 2. The van der Waals surface area contributed by atoms with Gasteiger partial charge in [-0.25, -0.2) is 9.97 Å². The average molecular weight is 449 g/mol. The van der Waals surface area contributed by atoms with Crippen molar-refractivity contribution in [3.8, 4) is 21.9 Å². The fourth-order valence-corrected chi connectivity index (χ4v) is 4.70. The maximum Gasteiger partial charge on any atom is 0.151 e. The molecule has 1 fully saturated rings. The Morgan fingerprint density at radius 3 is 2.72 bits per heavy atom. The third kappa shape index (κ3) is 4.83. The van der Waals surface area contributed by atoms with Crippen LogP contribution in [0.4, 0.5) is 11.5 Å². The van der Waals surface area contributed by atoms with E-state index in [0.29, 0.717) is 6.61 Å². The van der Waals surface area contributed by atoms with Gasteiger partial charge in [0.2, 0.25) is 0 Å². The second kappa shape index (κ2) is 9.52. The first kappa shape index (κ1) is 20.7. The van der Waals surface area contributed by atoms with Crippen molar-refractivity contribution in [1.82, 2.24) is 14.9 Å². The highest BCUT2D eigenvalue weighted by Crippen LogP contribution is 2.37. The van der Waals surface area contributed by atoms with Crippen molar-refractivity contribution in [2.75, 3.05) is 44.8 Å². The second-order valence-electron chi connectivity index (χ2n) is 7.55. The normalized spacial score (nSPS) is 14.5. The summed E-state index contributed by atoms with van der Waals surface area (Å²) in [5, 5.41) is 13.0. The molecule has 1 aliphatic heterocycles. The van der Waals surface area contributed by atoms with Crippen molar-refractivity contribution in [2.45, 2.75) is 0 Å². The molecular formula is C24H24N4O3S. The van der Waals surface area contributed by atoms with Crippen LogP contribution >= 0.6 is 11.3 Å². The molecule has 1 aliphatic rings. The van der Waals surface area contributed by atoms with Crippen LogP contribution in [-0.2, 0) is 4.74 Å². The second-order valence-corrected chi connectivity index (χ2v) is 8.60. The molecule has 0 bridgehead atoms. The van der Waals surface area contributed by atoms with E-state index in [4.69, 9.17) is 9.47 Å². The predicted octanol–water partition coefficient (Wildman–Crippen LogP) is 4.52. The van der Waals surface area contributed by atoms with Crippen molar-refractivity contribution in [1.29, 1.82) is 0 Å². The van der Waals surface area contributed by atoms with Gasteiger partial charge in [-0.15, -0.1) is 11.3 Å². The summed E-state index contributed by atoms with van der Waals surface area (Å²) >= 11 is 1.63. The molecule has 0 radical (unpaired) electrons. The number of morpholine rings is 1. The number of ether oxygens (including phenoxy) is 2. The van der Waals surface area contributed by atoms with Gasteiger partial charge in [-0.05, 0) is 48.0 Å². The Hall–Kier alpha value is -3.20. The van der Waals surface area contributed by atoms with Crippen LogP contribution in [-0.4, -0.2) is 59.4 Å². The van der Waals surface area contributed by atoms with E-state index in [1.807, 2.05) is 18.2 Å². The maximum absolute atomic E-state index is 9.71. The number of thiophene rings is 1. The highest BCUT2D eigenvalue weighted by atomic mass is 32.1. The fraction of sp³-hybridized carbons (Fsp3) is 0.250. The van der Waals surface area contributed by atoms with Crippen LogP contribution in [0.15, 0.2) is 60.9 Å². The predicted molar refractivity (Wildman–Crippen MR) is 127 cm³/mol. The number of aromatic hydroxyl groups is 1. The molecule has 2 N–H and O–H groups in total. The van der Waals surface area contributed by atoms with Gasteiger partial charge >= 0.3 is 0 Å². The minimum atomic E-state index is 0.208. The third-order valence-electron chi connectivity index (χ3n) is 5.34. The number of hydrogen-bond donors (Lipinski definition) is 2. The molecule has 7 nitrogen and oxygen atoms in total. The standard InChI is InChI=1S/C24H24N4O3S/c29-19-3-1-2-18(14-19)27-24-23-21(25-16-26-24)15-22(32-23)17-4-6-20(7-5-17)31-13-10-28-8-11-30-12-9-28/h1-7,14-16,29H,8-13H2,(H,25,26,27). The van der Waals surface area contributed by atoms with Crippen LogP contribution in [0, 0.1) is 0 Å². The zero-order valence-corrected chi connectivity index (χ0v) is 18.3. The van der Waals surface area contributed by atoms with Gasteiger partial charge in [0, 0.05) is 36.3 Å². The van der Waals surface area contributed by atoms with E-state index in [2.05, 4.69) is 38.4 Å². The van der Waals surface area contributed by atoms with E-state index in [9.17, 15) is 5.11 Å². The first-order chi connectivity index (χ1) is 15.7. The maximum atomic E-state index is 9.71. The molecule has 0 atom stereocenters. The molecule has 5 rings (SSSR count). The number of nitrogens with one attached hydrogen (secondary N) is 1. The molecule has 1 saturated heterocycles. The topological polar surface area (TPSA) is 79.7 Å². The van der Waals surface area contributed by atoms with E-state index in [1.165, 1.54) is 0 Å². The number of aromatic nitrogens is 2. The third-order valence-corrected chi connectivity index (χ3v) is 6.52. The summed E-state index contributed by atoms with van der Waals surface area (Å²) in [5.41, 5.74) is 2.77. The van der Waals surface area contributed by atoms with Crippen LogP contribution in [0.5, 0.6) is 11.5 Å². The summed E-state index contributed by atoms with van der Waals surface area (Å²) in [7, 11) is 0. The molecule has 0 spiro atoms. The van der Waals surface area contributed by atoms with Crippen LogP contribution in [0.1, 0.15) is 0 Å². The highest BCUT2D eigenvalue weighted by Gasteiger charge is 2.12. The van der Waals surface area contributed by atoms with Gasteiger partial charge in [0.25, 0.3) is 0 Å². The highest BCUT2D eigenvalue weighted by molar-refractivity contribution is 7.22. The molecule has 0 aliphatic carbocycles. The van der Waals surface area contributed by atoms with Gasteiger partial charge < -0.3 is 19.9 Å². The summed E-state index contributed by atoms with van der Waals surface area (Å²) in [6.07, 6.45) is 1.55. The summed E-state index contributed by atoms with van der Waals surface area (Å²) in [6.45, 7) is 5.13. The Balaban J connectivity index is 1.28. The van der Waals surface area contributed by atoms with Gasteiger partial charge in [0.15, 0.2) is 5.82 Å². The number of fused-ring (bicyclic) bond motifs is 1. The van der Waals surface area contributed by atoms with Crippen LogP contribution < -0.4 is 10.1 Å². The number of rotatable bonds is 7. The van der Waals surface area contributed by atoms with Crippen molar-refractivity contribution < 1.29 is 14.6 Å². The Morgan fingerprint density at radius 1 is 1.06 bits per heavy atom. The monoisotopic (exact) mass is 448 g/mol. The van der Waals surface area contributed by atoms with Crippen molar-refractivity contribution >= 4 is 33.1 Å². The Bertz CT molecular complexity index is 1190. The molecule has 3 heterocycles. The lowest BCUT2D eigenvalue weighted by Crippen LogP contribution is -2.38. The van der Waals surface area contributed by atoms with Crippen LogP contribution in [0.3, 0.4) is 0 Å². The van der Waals surface area contributed by atoms with Crippen molar-refractivity contribution in [2.24, 2.45) is 0 Å². The Kier molecular flexibility index (Phi) is 6.15. The molecular weight excluding hydrogens is 424 g/mol. The lowest BCUT2D eigenvalue weighted by molar-refractivity contribution is 0.0322. The molecule has 32 heavy (non-hydrogen) atoms. The van der Waals surface area contributed by atoms with E-state index in [0.717, 1.165) is 70.8 Å². The molecule has 8 heteroatoms. The molecule has 0 saturated carbocycles. The Labute approximate surface area is 190 Å². The molecule has 0 amide bonds. The van der Waals surface area contributed by atoms with Crippen LogP contribution in [0.2, 0.25) is 0 Å². The SMILES string of the molecule is Oc1cccc(Nc2ncnc3cc(-c4ccc(OCCN5CCOCC5)cc4)sc23)c1. The minimum absolute atomic E-state index is 0.208. The van der Waals surface area contributed by atoms with E-state index < -0.39 is 0 Å². The molecule has 2 aromatic carbocycles. The molecule has 164 valence electrons. The number of phenolic OH excluding ortho intramolecular Hbond substituents is 1. The average Bonchev–Trinajstić information content (AvgIpc) is 3.26. The van der Waals surface area contributed by atoms with Crippen molar-refractivity contribution in [3.63, 3.8) is 0 Å². The number of phenols is 1. The summed E-state index contributed by atoms with van der Waals surface area (Å²) in [5.74, 6) is 1.80. The van der Waals surface area contributed by atoms with E-state index in [1.54, 1.807) is 35.9 Å². The van der Waals surface area contributed by atoms with Crippen LogP contribution in [0.25, 0.3) is 20.7 Å². The molecule has 4 aromatic rings. The lowest BCUT2D eigenvalue weighted by Gasteiger charge is -2.26. The van der Waals surface area contributed by atoms with Gasteiger partial charge in [0.1, 0.15) is 24.4 Å². The van der Waals surface area contributed by atoms with Gasteiger partial charge in [-0.2, -0.15) is 0 Å². The Morgan fingerprint density at radius 2 is 1.91 bits per heavy atom. The van der Waals surface area contributed by atoms with E-state index in [-0.39, 0.29) is 5.75 Å². The first-order valence-corrected chi connectivity index (χ1v) is 11.4. The van der Waals surface area contributed by atoms with Gasteiger partial charge in [0.05, 0.1) is 23.4 Å². The summed E-state index contributed by atoms with van der Waals surface area (Å²) in [6, 6.07) is 17.2. The zero-order chi connectivity index (χ0) is 21.8. The molecule has 2 aromatic heterocycles. The summed E-state index contributed by atoms with van der Waals surface area (Å²) < 4.78 is 12.3.